The SMILES string of the molecule is CC(=O)c1ccc(N2CCN(C(=O)c3cnc(-c4cccs4)s3)CC2)c(F)c1. The molecule has 1 amide bonds. The largest absolute Gasteiger partial charge is 0.366 e. The summed E-state index contributed by atoms with van der Waals surface area (Å²) in [6.45, 7) is 3.53. The molecule has 1 aromatic carbocycles. The zero-order valence-electron chi connectivity index (χ0n) is 15.2. The van der Waals surface area contributed by atoms with Crippen molar-refractivity contribution in [2.75, 3.05) is 31.1 Å². The summed E-state index contributed by atoms with van der Waals surface area (Å²) >= 11 is 3.00. The fourth-order valence-electron chi connectivity index (χ4n) is 3.18. The molecule has 0 spiro atoms. The van der Waals surface area contributed by atoms with Gasteiger partial charge in [0.25, 0.3) is 5.91 Å². The number of piperazine rings is 1. The highest BCUT2D eigenvalue weighted by Gasteiger charge is 2.25. The summed E-state index contributed by atoms with van der Waals surface area (Å²) in [5, 5.41) is 2.84. The molecule has 3 heterocycles. The average molecular weight is 416 g/mol. The molecule has 1 saturated heterocycles. The lowest BCUT2D eigenvalue weighted by atomic mass is 10.1. The normalized spacial score (nSPS) is 14.4. The maximum absolute atomic E-state index is 14.4. The third-order valence-corrected chi connectivity index (χ3v) is 6.73. The van der Waals surface area contributed by atoms with Crippen molar-refractivity contribution < 1.29 is 14.0 Å². The molecule has 5 nitrogen and oxygen atoms in total. The Morgan fingerprint density at radius 1 is 1.14 bits per heavy atom. The molecule has 1 aliphatic rings. The van der Waals surface area contributed by atoms with Crippen molar-refractivity contribution in [1.29, 1.82) is 0 Å². The van der Waals surface area contributed by atoms with E-state index >= 15 is 0 Å². The molecule has 8 heteroatoms. The topological polar surface area (TPSA) is 53.5 Å². The van der Waals surface area contributed by atoms with E-state index in [0.29, 0.717) is 42.3 Å². The van der Waals surface area contributed by atoms with Gasteiger partial charge in [-0.25, -0.2) is 9.37 Å². The number of carbonyl (C=O) groups excluding carboxylic acids is 2. The minimum Gasteiger partial charge on any atom is -0.366 e. The van der Waals surface area contributed by atoms with Crippen LogP contribution in [0, 0.1) is 5.82 Å². The van der Waals surface area contributed by atoms with Gasteiger partial charge in [0.1, 0.15) is 15.7 Å². The van der Waals surface area contributed by atoms with Crippen molar-refractivity contribution in [3.63, 3.8) is 0 Å². The van der Waals surface area contributed by atoms with Gasteiger partial charge in [-0.3, -0.25) is 9.59 Å². The predicted octanol–water partition coefficient (Wildman–Crippen LogP) is 4.18. The first-order valence-corrected chi connectivity index (χ1v) is 10.6. The Morgan fingerprint density at radius 2 is 1.93 bits per heavy atom. The number of carbonyl (C=O) groups is 2. The smallest absolute Gasteiger partial charge is 0.265 e. The van der Waals surface area contributed by atoms with E-state index in [1.807, 2.05) is 22.4 Å². The van der Waals surface area contributed by atoms with Gasteiger partial charge in [-0.2, -0.15) is 0 Å². The van der Waals surface area contributed by atoms with Gasteiger partial charge in [0.05, 0.1) is 16.8 Å². The van der Waals surface area contributed by atoms with E-state index in [9.17, 15) is 14.0 Å². The highest BCUT2D eigenvalue weighted by Crippen LogP contribution is 2.30. The monoisotopic (exact) mass is 415 g/mol. The number of benzene rings is 1. The standard InChI is InChI=1S/C20H18FN3O2S2/c1-13(25)14-4-5-16(15(21)11-14)23-6-8-24(9-7-23)20(26)18-12-22-19(28-18)17-3-2-10-27-17/h2-5,10-12H,6-9H2,1H3. The molecule has 0 bridgehead atoms. The van der Waals surface area contributed by atoms with E-state index in [2.05, 4.69) is 4.98 Å². The average Bonchev–Trinajstić information content (AvgIpc) is 3.39. The minimum atomic E-state index is -0.407. The summed E-state index contributed by atoms with van der Waals surface area (Å²) in [7, 11) is 0. The third-order valence-electron chi connectivity index (χ3n) is 4.71. The number of amides is 1. The van der Waals surface area contributed by atoms with Gasteiger partial charge in [0, 0.05) is 31.7 Å². The van der Waals surface area contributed by atoms with Crippen LogP contribution in [0.4, 0.5) is 10.1 Å². The van der Waals surface area contributed by atoms with Gasteiger partial charge in [-0.1, -0.05) is 6.07 Å². The number of halogens is 1. The van der Waals surface area contributed by atoms with Crippen LogP contribution in [0.1, 0.15) is 27.0 Å². The number of thiazole rings is 1. The number of hydrogen-bond acceptors (Lipinski definition) is 6. The fourth-order valence-corrected chi connectivity index (χ4v) is 4.86. The van der Waals surface area contributed by atoms with Gasteiger partial charge in [-0.15, -0.1) is 22.7 Å². The summed E-state index contributed by atoms with van der Waals surface area (Å²) in [4.78, 5) is 33.9. The van der Waals surface area contributed by atoms with E-state index in [0.717, 1.165) is 9.88 Å². The molecule has 3 aromatic rings. The van der Waals surface area contributed by atoms with Crippen molar-refractivity contribution >= 4 is 40.1 Å². The van der Waals surface area contributed by atoms with E-state index in [-0.39, 0.29) is 11.7 Å². The van der Waals surface area contributed by atoms with Crippen molar-refractivity contribution in [1.82, 2.24) is 9.88 Å². The highest BCUT2D eigenvalue weighted by atomic mass is 32.1. The highest BCUT2D eigenvalue weighted by molar-refractivity contribution is 7.21. The molecule has 28 heavy (non-hydrogen) atoms. The van der Waals surface area contributed by atoms with E-state index in [1.165, 1.54) is 24.3 Å². The quantitative estimate of drug-likeness (QED) is 0.600. The third kappa shape index (κ3) is 3.70. The van der Waals surface area contributed by atoms with Crippen molar-refractivity contribution in [3.8, 4) is 9.88 Å². The van der Waals surface area contributed by atoms with Gasteiger partial charge in [0.2, 0.25) is 0 Å². The first-order valence-electron chi connectivity index (χ1n) is 8.87. The van der Waals surface area contributed by atoms with Crippen LogP contribution in [-0.2, 0) is 0 Å². The summed E-state index contributed by atoms with van der Waals surface area (Å²) in [6, 6.07) is 8.51. The van der Waals surface area contributed by atoms with Crippen molar-refractivity contribution in [2.45, 2.75) is 6.92 Å². The molecular weight excluding hydrogens is 397 g/mol. The van der Waals surface area contributed by atoms with Gasteiger partial charge >= 0.3 is 0 Å². The van der Waals surface area contributed by atoms with E-state index in [4.69, 9.17) is 0 Å². The Morgan fingerprint density at radius 3 is 2.57 bits per heavy atom. The maximum atomic E-state index is 14.4. The number of nitrogens with zero attached hydrogens (tertiary/aromatic N) is 3. The number of anilines is 1. The minimum absolute atomic E-state index is 0.0349. The zero-order valence-corrected chi connectivity index (χ0v) is 16.9. The first kappa shape index (κ1) is 18.8. The number of thiophene rings is 1. The van der Waals surface area contributed by atoms with Crippen LogP contribution < -0.4 is 4.90 Å². The van der Waals surface area contributed by atoms with Crippen LogP contribution in [-0.4, -0.2) is 47.8 Å². The summed E-state index contributed by atoms with van der Waals surface area (Å²) < 4.78 is 14.4. The second-order valence-electron chi connectivity index (χ2n) is 6.51. The van der Waals surface area contributed by atoms with Crippen LogP contribution in [0.15, 0.2) is 41.9 Å². The Labute approximate surface area is 170 Å². The number of ketones is 1. The molecule has 0 radical (unpaired) electrons. The molecule has 2 aromatic heterocycles. The molecule has 144 valence electrons. The van der Waals surface area contributed by atoms with Crippen LogP contribution in [0.2, 0.25) is 0 Å². The molecule has 4 rings (SSSR count). The Balaban J connectivity index is 1.41. The molecule has 1 aliphatic heterocycles. The predicted molar refractivity (Wildman–Crippen MR) is 110 cm³/mol. The second-order valence-corrected chi connectivity index (χ2v) is 8.49. The Hall–Kier alpha value is -2.58. The Bertz CT molecular complexity index is 1010. The number of hydrogen-bond donors (Lipinski definition) is 0. The molecule has 0 aliphatic carbocycles. The van der Waals surface area contributed by atoms with Crippen molar-refractivity contribution in [3.05, 3.63) is 58.2 Å². The lowest BCUT2D eigenvalue weighted by Gasteiger charge is -2.36. The molecular formula is C20H18FN3O2S2. The Kier molecular flexibility index (Phi) is 5.23. The molecule has 0 atom stereocenters. The summed E-state index contributed by atoms with van der Waals surface area (Å²) in [5.41, 5.74) is 0.830. The molecule has 0 saturated carbocycles. The molecule has 0 N–H and O–H groups in total. The van der Waals surface area contributed by atoms with Gasteiger partial charge in [-0.05, 0) is 36.6 Å². The van der Waals surface area contributed by atoms with E-state index in [1.54, 1.807) is 34.6 Å². The lowest BCUT2D eigenvalue weighted by Crippen LogP contribution is -2.48. The van der Waals surface area contributed by atoms with Crippen LogP contribution in [0.25, 0.3) is 9.88 Å². The van der Waals surface area contributed by atoms with E-state index < -0.39 is 5.82 Å². The van der Waals surface area contributed by atoms with Crippen LogP contribution >= 0.6 is 22.7 Å². The summed E-state index contributed by atoms with van der Waals surface area (Å²) in [6.07, 6.45) is 1.63. The number of Topliss-reactive ketones (excluding diaryl/α,β-unsaturated/α-hetero) is 1. The number of rotatable bonds is 4. The van der Waals surface area contributed by atoms with Gasteiger partial charge < -0.3 is 9.80 Å². The van der Waals surface area contributed by atoms with Crippen molar-refractivity contribution in [2.24, 2.45) is 0 Å². The molecule has 1 fully saturated rings. The fraction of sp³-hybridized carbons (Fsp3) is 0.250. The molecule has 0 unspecified atom stereocenters. The lowest BCUT2D eigenvalue weighted by molar-refractivity contribution is 0.0751. The number of aromatic nitrogens is 1. The zero-order chi connectivity index (χ0) is 19.7. The summed E-state index contributed by atoms with van der Waals surface area (Å²) in [5.74, 6) is -0.602. The van der Waals surface area contributed by atoms with Crippen LogP contribution in [0.5, 0.6) is 0 Å². The first-order chi connectivity index (χ1) is 13.5. The maximum Gasteiger partial charge on any atom is 0.265 e. The van der Waals surface area contributed by atoms with Gasteiger partial charge in [0.15, 0.2) is 5.78 Å². The van der Waals surface area contributed by atoms with Crippen LogP contribution in [0.3, 0.4) is 0 Å². The second kappa shape index (κ2) is 7.81.